The first-order valence-electron chi connectivity index (χ1n) is 4.30. The number of aliphatic hydroxyl groups is 1. The Morgan fingerprint density at radius 3 is 2.47 bits per heavy atom. The highest BCUT2D eigenvalue weighted by Crippen LogP contribution is 2.03. The normalized spacial score (nSPS) is 10.9. The molecule has 1 aromatic heterocycles. The van der Waals surface area contributed by atoms with Crippen LogP contribution in [0.4, 0.5) is 5.69 Å². The molecule has 1 rings (SSSR count). The Labute approximate surface area is 87.8 Å². The van der Waals surface area contributed by atoms with Gasteiger partial charge in [-0.05, 0) is 12.1 Å². The van der Waals surface area contributed by atoms with Crippen molar-refractivity contribution in [2.24, 2.45) is 5.73 Å². The second-order valence-electron chi connectivity index (χ2n) is 2.65. The number of nitrogens with two attached hydrogens (primary N) is 1. The number of aromatic nitrogens is 1. The first-order chi connectivity index (χ1) is 7.06. The Bertz CT molecular complexity index is 275. The van der Waals surface area contributed by atoms with Gasteiger partial charge < -0.3 is 21.3 Å². The maximum atomic E-state index is 9.05. The number of carboxylic acids is 1. The molecule has 0 bridgehead atoms. The number of carboxylic acid groups (broad SMARTS) is 1. The van der Waals surface area contributed by atoms with Crippen molar-refractivity contribution in [2.45, 2.75) is 13.2 Å². The molecular formula is C9H15N3O3. The number of hydrogen-bond donors (Lipinski definition) is 4. The summed E-state index contributed by atoms with van der Waals surface area (Å²) in [5.74, 6) is -0.833. The predicted molar refractivity (Wildman–Crippen MR) is 56.2 cm³/mol. The monoisotopic (exact) mass is 213 g/mol. The van der Waals surface area contributed by atoms with Gasteiger partial charge in [-0.3, -0.25) is 9.78 Å². The van der Waals surface area contributed by atoms with Crippen LogP contribution in [0.15, 0.2) is 24.5 Å². The molecule has 6 nitrogen and oxygen atoms in total. The van der Waals surface area contributed by atoms with E-state index in [2.05, 4.69) is 10.3 Å². The van der Waals surface area contributed by atoms with Gasteiger partial charge in [0.1, 0.15) is 6.23 Å². The van der Waals surface area contributed by atoms with Crippen molar-refractivity contribution in [1.29, 1.82) is 0 Å². The lowest BCUT2D eigenvalue weighted by Gasteiger charge is -2.10. The highest BCUT2D eigenvalue weighted by Gasteiger charge is 1.97. The fourth-order valence-corrected chi connectivity index (χ4v) is 0.699. The fourth-order valence-electron chi connectivity index (χ4n) is 0.699. The molecule has 1 unspecified atom stereocenters. The number of anilines is 1. The summed E-state index contributed by atoms with van der Waals surface area (Å²) in [4.78, 5) is 12.8. The summed E-state index contributed by atoms with van der Waals surface area (Å²) in [6.07, 6.45) is 2.61. The number of aliphatic hydroxyl groups excluding tert-OH is 1. The first kappa shape index (κ1) is 13.3. The van der Waals surface area contributed by atoms with Crippen molar-refractivity contribution in [2.75, 3.05) is 11.9 Å². The zero-order valence-corrected chi connectivity index (χ0v) is 8.42. The van der Waals surface area contributed by atoms with E-state index in [0.717, 1.165) is 12.6 Å². The predicted octanol–water partition coefficient (Wildman–Crippen LogP) is -0.138. The van der Waals surface area contributed by atoms with Gasteiger partial charge >= 0.3 is 0 Å². The Kier molecular flexibility index (Phi) is 6.86. The third-order valence-corrected chi connectivity index (χ3v) is 1.24. The summed E-state index contributed by atoms with van der Waals surface area (Å²) in [6, 6.07) is 3.53. The molecule has 6 heteroatoms. The topological polar surface area (TPSA) is 108 Å². The van der Waals surface area contributed by atoms with Crippen molar-refractivity contribution in [3.63, 3.8) is 0 Å². The Morgan fingerprint density at radius 1 is 1.60 bits per heavy atom. The lowest BCUT2D eigenvalue weighted by molar-refractivity contribution is -0.134. The third kappa shape index (κ3) is 8.66. The third-order valence-electron chi connectivity index (χ3n) is 1.24. The molecule has 0 amide bonds. The van der Waals surface area contributed by atoms with E-state index in [-0.39, 0.29) is 6.54 Å². The molecular weight excluding hydrogens is 198 g/mol. The molecule has 0 aromatic carbocycles. The average Bonchev–Trinajstić information content (AvgIpc) is 2.18. The number of hydrogen-bond acceptors (Lipinski definition) is 5. The quantitative estimate of drug-likeness (QED) is 0.520. The summed E-state index contributed by atoms with van der Waals surface area (Å²) in [7, 11) is 0. The summed E-state index contributed by atoms with van der Waals surface area (Å²) in [5.41, 5.74) is 6.01. The SMILES string of the molecule is CC(=O)O.NCC(O)Nc1ccncc1. The average molecular weight is 213 g/mol. The number of rotatable bonds is 3. The Morgan fingerprint density at radius 2 is 2.07 bits per heavy atom. The van der Waals surface area contributed by atoms with Crippen molar-refractivity contribution in [3.05, 3.63) is 24.5 Å². The highest BCUT2D eigenvalue weighted by molar-refractivity contribution is 5.62. The summed E-state index contributed by atoms with van der Waals surface area (Å²) >= 11 is 0. The summed E-state index contributed by atoms with van der Waals surface area (Å²) in [6.45, 7) is 1.28. The van der Waals surface area contributed by atoms with Crippen molar-refractivity contribution >= 4 is 11.7 Å². The lowest BCUT2D eigenvalue weighted by Crippen LogP contribution is -2.27. The van der Waals surface area contributed by atoms with Gasteiger partial charge in [0, 0.05) is 31.5 Å². The van der Waals surface area contributed by atoms with Crippen LogP contribution in [0.5, 0.6) is 0 Å². The molecule has 0 saturated heterocycles. The van der Waals surface area contributed by atoms with Gasteiger partial charge in [-0.1, -0.05) is 0 Å². The molecule has 1 heterocycles. The van der Waals surface area contributed by atoms with E-state index in [1.54, 1.807) is 24.5 Å². The minimum Gasteiger partial charge on any atom is -0.481 e. The summed E-state index contributed by atoms with van der Waals surface area (Å²) in [5, 5.41) is 19.3. The zero-order chi connectivity index (χ0) is 11.7. The largest absolute Gasteiger partial charge is 0.481 e. The fraction of sp³-hybridized carbons (Fsp3) is 0.333. The molecule has 0 saturated carbocycles. The van der Waals surface area contributed by atoms with Crippen LogP contribution in [0.1, 0.15) is 6.92 Å². The van der Waals surface area contributed by atoms with E-state index in [4.69, 9.17) is 20.7 Å². The van der Waals surface area contributed by atoms with Gasteiger partial charge in [0.05, 0.1) is 0 Å². The van der Waals surface area contributed by atoms with Crippen LogP contribution in [0.2, 0.25) is 0 Å². The second-order valence-corrected chi connectivity index (χ2v) is 2.65. The molecule has 1 aromatic rings. The molecule has 0 aliphatic heterocycles. The molecule has 0 aliphatic rings. The van der Waals surface area contributed by atoms with Gasteiger partial charge in [0.25, 0.3) is 5.97 Å². The zero-order valence-electron chi connectivity index (χ0n) is 8.42. The number of nitrogens with one attached hydrogen (secondary N) is 1. The number of carbonyl (C=O) groups is 1. The van der Waals surface area contributed by atoms with Gasteiger partial charge in [-0.25, -0.2) is 0 Å². The van der Waals surface area contributed by atoms with Crippen molar-refractivity contribution in [3.8, 4) is 0 Å². The van der Waals surface area contributed by atoms with Gasteiger partial charge in [0.2, 0.25) is 0 Å². The minimum atomic E-state index is -0.833. The van der Waals surface area contributed by atoms with E-state index in [1.807, 2.05) is 0 Å². The van der Waals surface area contributed by atoms with Crippen LogP contribution in [-0.2, 0) is 4.79 Å². The number of aliphatic carboxylic acids is 1. The number of nitrogens with zero attached hydrogens (tertiary/aromatic N) is 1. The van der Waals surface area contributed by atoms with Crippen LogP contribution < -0.4 is 11.1 Å². The van der Waals surface area contributed by atoms with E-state index in [1.165, 1.54) is 0 Å². The molecule has 0 fully saturated rings. The van der Waals surface area contributed by atoms with Gasteiger partial charge in [0.15, 0.2) is 0 Å². The van der Waals surface area contributed by atoms with Crippen LogP contribution in [0, 0.1) is 0 Å². The highest BCUT2D eigenvalue weighted by atomic mass is 16.4. The number of pyridine rings is 1. The second kappa shape index (κ2) is 7.72. The Hall–Kier alpha value is -1.66. The van der Waals surface area contributed by atoms with E-state index in [0.29, 0.717) is 0 Å². The van der Waals surface area contributed by atoms with Crippen LogP contribution in [0.3, 0.4) is 0 Å². The van der Waals surface area contributed by atoms with Crippen LogP contribution in [-0.4, -0.2) is 33.9 Å². The molecule has 1 atom stereocenters. The standard InChI is InChI=1S/C7H11N3O.C2H4O2/c8-5-7(11)10-6-1-3-9-4-2-6;1-2(3)4/h1-4,7,11H,5,8H2,(H,9,10);1H3,(H,3,4). The molecule has 15 heavy (non-hydrogen) atoms. The van der Waals surface area contributed by atoms with Crippen LogP contribution in [0.25, 0.3) is 0 Å². The first-order valence-corrected chi connectivity index (χ1v) is 4.30. The smallest absolute Gasteiger partial charge is 0.300 e. The van der Waals surface area contributed by atoms with Gasteiger partial charge in [-0.15, -0.1) is 0 Å². The minimum absolute atomic E-state index is 0.197. The van der Waals surface area contributed by atoms with Gasteiger partial charge in [-0.2, -0.15) is 0 Å². The van der Waals surface area contributed by atoms with E-state index < -0.39 is 12.2 Å². The lowest BCUT2D eigenvalue weighted by atomic mass is 10.4. The maximum Gasteiger partial charge on any atom is 0.300 e. The van der Waals surface area contributed by atoms with E-state index in [9.17, 15) is 0 Å². The Balaban J connectivity index is 0.000000423. The maximum absolute atomic E-state index is 9.05. The summed E-state index contributed by atoms with van der Waals surface area (Å²) < 4.78 is 0. The molecule has 0 aliphatic carbocycles. The van der Waals surface area contributed by atoms with Crippen molar-refractivity contribution in [1.82, 2.24) is 4.98 Å². The van der Waals surface area contributed by atoms with Crippen LogP contribution >= 0.6 is 0 Å². The molecule has 5 N–H and O–H groups in total. The molecule has 0 spiro atoms. The van der Waals surface area contributed by atoms with E-state index >= 15 is 0 Å². The van der Waals surface area contributed by atoms with Crippen molar-refractivity contribution < 1.29 is 15.0 Å². The molecule has 0 radical (unpaired) electrons. The molecule has 84 valence electrons.